The van der Waals surface area contributed by atoms with Crippen molar-refractivity contribution in [3.05, 3.63) is 349 Å². The highest BCUT2D eigenvalue weighted by Gasteiger charge is 2.45. The lowest BCUT2D eigenvalue weighted by atomic mass is 9.88. The van der Waals surface area contributed by atoms with Crippen LogP contribution in [0, 0.1) is 6.92 Å². The van der Waals surface area contributed by atoms with Crippen molar-refractivity contribution in [3.63, 3.8) is 0 Å². The number of ether oxygens (including phenoxy) is 1. The number of rotatable bonds is 21. The van der Waals surface area contributed by atoms with E-state index in [4.69, 9.17) is 55.7 Å². The van der Waals surface area contributed by atoms with Gasteiger partial charge in [0.1, 0.15) is 5.75 Å². The Hall–Kier alpha value is -13.9. The predicted octanol–water partition coefficient (Wildman–Crippen LogP) is 25.1. The van der Waals surface area contributed by atoms with E-state index in [1.165, 1.54) is 24.1 Å². The predicted molar refractivity (Wildman–Crippen MR) is 578 cm³/mol. The van der Waals surface area contributed by atoms with Gasteiger partial charge < -0.3 is 63.2 Å². The standard InChI is InChI=1S/C33H38ClN3O4.C32H34ClN3O3.C29H30ClN3O2.C23H22ClN3O3/c1-5-35(6-2)32(39)12-9-21-41-28-19-13-25(14-20-28)33(40)36-23(3)22-31(29-10-7-8-11-30(29)36)37(24(4)38)27-17-15-26(34)16-18-27;1-21-20-31(36(23(3)38)28-14-12-27(33)13-15-28)29-6-4-5-7-30(29)35(21)32(39)26-10-8-24(9-11-26)25-16-18-34(19-17-25)22(2)37;1-20-19-28(33(21(2)34)25-15-11-23(30)12-16-25)26-7-3-4-8-27(26)32(20)29(35)22-9-13-24(14-10-22)31-17-5-6-18-31;1-14-12-22(30-25-14)23(29)26-15(2)13-21(19-6-4-5-7-20(19)26)27(16(3)28)18-10-8-17(24)9-11-18/h7-8,10-11,13-20,23,31H,5-6,9,12,21-22H2,1-4H3;4-15,21,25,31H,16-20H2,1-3H3;3-4,7-16,20,28H,5-6,17-19H2,1-2H3;4-12,15,21H,13H2,1-3H3/t23-,31+;21-,31+;20-,28+;15-,21+/m0000/s1. The number of amides is 10. The number of hydrogen-bond acceptors (Lipinski definition) is 14. The van der Waals surface area contributed by atoms with E-state index >= 15 is 0 Å². The third-order valence-electron chi connectivity index (χ3n) is 28.2. The van der Waals surface area contributed by atoms with Crippen molar-refractivity contribution in [2.24, 2.45) is 0 Å². The van der Waals surface area contributed by atoms with Gasteiger partial charge in [-0.25, -0.2) is 0 Å². The van der Waals surface area contributed by atoms with Crippen LogP contribution >= 0.6 is 46.4 Å². The molecule has 18 rings (SSSR count). The van der Waals surface area contributed by atoms with Crippen LogP contribution in [0.3, 0.4) is 0 Å². The van der Waals surface area contributed by atoms with Gasteiger partial charge in [0.2, 0.25) is 41.2 Å². The maximum Gasteiger partial charge on any atom is 0.297 e. The zero-order valence-electron chi connectivity index (χ0n) is 84.0. The molecular formula is C117H124Cl4N12O12. The van der Waals surface area contributed by atoms with Crippen molar-refractivity contribution >= 4 is 157 Å². The molecule has 28 heteroatoms. The molecule has 12 aromatic rings. The average Bonchev–Trinajstić information content (AvgIpc) is 1.69. The van der Waals surface area contributed by atoms with Crippen LogP contribution in [0.2, 0.25) is 20.1 Å². The van der Waals surface area contributed by atoms with Crippen LogP contribution in [-0.4, -0.2) is 144 Å². The highest BCUT2D eigenvalue weighted by atomic mass is 35.5. The Morgan fingerprint density at radius 3 is 1.00 bits per heavy atom. The summed E-state index contributed by atoms with van der Waals surface area (Å²) in [6.07, 6.45) is 7.80. The molecule has 145 heavy (non-hydrogen) atoms. The van der Waals surface area contributed by atoms with E-state index in [2.05, 4.69) is 41.2 Å². The Morgan fingerprint density at radius 1 is 0.386 bits per heavy atom. The van der Waals surface area contributed by atoms with Gasteiger partial charge in [0.15, 0.2) is 0 Å². The SMILES string of the molecule is CC(=O)N(c1ccc(Cl)cc1)[C@@H]1C[C@H](C)N(C(=O)c2cc(C)no2)c2ccccc21.CC(=O)N(c1ccc(Cl)cc1)[C@@H]1C[C@H](C)N(C(=O)c2ccc(N3CCCC3)cc2)c2ccccc21.CC(=O)N1CCC(c2ccc(C(=O)N3c4ccccc4[C@H](N(C(C)=O)c4ccc(Cl)cc4)C[C@@H]3C)cc2)CC1.CCN(CC)C(=O)CCCOc1ccc(C(=O)N2c3ccccc3[C@H](N(C(C)=O)c3ccc(Cl)cc3)C[C@@H]2C)cc1. The highest BCUT2D eigenvalue weighted by Crippen LogP contribution is 2.49. The van der Waals surface area contributed by atoms with Crippen LogP contribution in [0.25, 0.3) is 0 Å². The van der Waals surface area contributed by atoms with Crippen molar-refractivity contribution in [2.75, 3.05) is 90.0 Å². The monoisotopic (exact) mass is 2030 g/mol. The molecule has 24 nitrogen and oxygen atoms in total. The summed E-state index contributed by atoms with van der Waals surface area (Å²) >= 11 is 24.3. The topological polar surface area (TPSA) is 242 Å². The minimum atomic E-state index is -0.241. The molecule has 11 aromatic carbocycles. The Bertz CT molecular complexity index is 6620. The molecule has 0 aliphatic carbocycles. The van der Waals surface area contributed by atoms with Crippen LogP contribution in [0.4, 0.5) is 51.2 Å². The van der Waals surface area contributed by atoms with Gasteiger partial charge in [0.05, 0.1) is 36.5 Å². The average molecular weight is 2030 g/mol. The normalized spacial score (nSPS) is 18.2. The van der Waals surface area contributed by atoms with Crippen molar-refractivity contribution in [1.82, 2.24) is 15.0 Å². The summed E-state index contributed by atoms with van der Waals surface area (Å²) in [7, 11) is 0. The first-order chi connectivity index (χ1) is 69.8. The van der Waals surface area contributed by atoms with Crippen LogP contribution in [0.1, 0.15) is 246 Å². The number of aromatic nitrogens is 1. The fourth-order valence-corrected chi connectivity index (χ4v) is 21.6. The molecule has 2 saturated heterocycles. The lowest BCUT2D eigenvalue weighted by molar-refractivity contribution is -0.131. The van der Waals surface area contributed by atoms with Gasteiger partial charge in [-0.15, -0.1) is 0 Å². The van der Waals surface area contributed by atoms with Crippen LogP contribution < -0.4 is 48.8 Å². The van der Waals surface area contributed by atoms with Gasteiger partial charge >= 0.3 is 0 Å². The number of benzene rings is 11. The summed E-state index contributed by atoms with van der Waals surface area (Å²) in [4.78, 5) is 150. The van der Waals surface area contributed by atoms with E-state index in [0.717, 1.165) is 107 Å². The number of aryl methyl sites for hydroxylation is 1. The summed E-state index contributed by atoms with van der Waals surface area (Å²) in [5.74, 6) is 0.847. The fourth-order valence-electron chi connectivity index (χ4n) is 21.1. The summed E-state index contributed by atoms with van der Waals surface area (Å²) in [5.41, 5.74) is 15.0. The van der Waals surface area contributed by atoms with Crippen molar-refractivity contribution in [1.29, 1.82) is 0 Å². The molecule has 7 heterocycles. The van der Waals surface area contributed by atoms with Gasteiger partial charge in [-0.2, -0.15) is 0 Å². The zero-order chi connectivity index (χ0) is 103. The minimum absolute atomic E-state index is 0.0164. The van der Waals surface area contributed by atoms with Crippen LogP contribution in [0.15, 0.2) is 278 Å². The van der Waals surface area contributed by atoms with E-state index in [9.17, 15) is 47.9 Å². The van der Waals surface area contributed by atoms with Crippen molar-refractivity contribution < 1.29 is 57.2 Å². The summed E-state index contributed by atoms with van der Waals surface area (Å²) in [5, 5.41) is 6.30. The van der Waals surface area contributed by atoms with Gasteiger partial charge in [-0.3, -0.25) is 47.9 Å². The van der Waals surface area contributed by atoms with E-state index in [0.29, 0.717) is 112 Å². The smallest absolute Gasteiger partial charge is 0.297 e. The number of likely N-dealkylation sites (tertiary alicyclic amines) is 1. The highest BCUT2D eigenvalue weighted by molar-refractivity contribution is 6.32. The first-order valence-corrected chi connectivity index (χ1v) is 51.4. The minimum Gasteiger partial charge on any atom is -0.494 e. The van der Waals surface area contributed by atoms with Gasteiger partial charge in [0, 0.05) is 199 Å². The second kappa shape index (κ2) is 47.7. The number of nitrogens with zero attached hydrogens (tertiary/aromatic N) is 12. The fraction of sp³-hybridized carbons (Fsp3) is 0.325. The molecule has 2 fully saturated rings. The molecule has 1 aromatic heterocycles. The van der Waals surface area contributed by atoms with E-state index < -0.39 is 0 Å². The zero-order valence-corrected chi connectivity index (χ0v) is 87.0. The molecule has 752 valence electrons. The Kier molecular flexibility index (Phi) is 34.7. The van der Waals surface area contributed by atoms with Crippen LogP contribution in [-0.2, 0) is 28.8 Å². The first kappa shape index (κ1) is 105. The molecule has 0 radical (unpaired) electrons. The quantitative estimate of drug-likeness (QED) is 0.0608. The number of carbonyl (C=O) groups excluding carboxylic acids is 10. The number of anilines is 9. The third kappa shape index (κ3) is 24.2. The summed E-state index contributed by atoms with van der Waals surface area (Å²) in [6.45, 7) is 27.3. The lowest BCUT2D eigenvalue weighted by Crippen LogP contribution is -2.47. The maximum atomic E-state index is 13.9. The third-order valence-corrected chi connectivity index (χ3v) is 29.2. The molecular weight excluding hydrogens is 1910 g/mol. The summed E-state index contributed by atoms with van der Waals surface area (Å²) in [6, 6.07) is 83.7. The molecule has 6 aliphatic rings. The molecule has 6 aliphatic heterocycles. The Balaban J connectivity index is 0.000000146. The number of fused-ring (bicyclic) bond motifs is 4. The van der Waals surface area contributed by atoms with Gasteiger partial charge in [-0.1, -0.05) is 136 Å². The number of piperidine rings is 1. The van der Waals surface area contributed by atoms with E-state index in [-0.39, 0.29) is 113 Å². The second-order valence-corrected chi connectivity index (χ2v) is 39.6. The molecule has 0 bridgehead atoms. The van der Waals surface area contributed by atoms with Crippen molar-refractivity contribution in [2.45, 2.75) is 202 Å². The van der Waals surface area contributed by atoms with Gasteiger partial charge in [0.25, 0.3) is 23.6 Å². The molecule has 8 atom stereocenters. The summed E-state index contributed by atoms with van der Waals surface area (Å²) < 4.78 is 11.0. The Morgan fingerprint density at radius 2 is 0.697 bits per heavy atom. The Labute approximate surface area is 869 Å². The number of carbonyl (C=O) groups is 10. The molecule has 0 N–H and O–H groups in total. The second-order valence-electron chi connectivity index (χ2n) is 37.8. The van der Waals surface area contributed by atoms with E-state index in [1.807, 2.05) is 234 Å². The number of halogens is 4. The van der Waals surface area contributed by atoms with Gasteiger partial charge in [-0.05, 0) is 322 Å². The lowest BCUT2D eigenvalue weighted by Gasteiger charge is -2.43. The van der Waals surface area contributed by atoms with Crippen LogP contribution in [0.5, 0.6) is 5.75 Å². The molecule has 0 spiro atoms. The number of para-hydroxylation sites is 4. The molecule has 0 saturated carbocycles. The number of hydrogen-bond donors (Lipinski definition) is 0. The molecule has 10 amide bonds. The largest absolute Gasteiger partial charge is 0.494 e. The maximum absolute atomic E-state index is 13.9. The molecule has 0 unspecified atom stereocenters. The first-order valence-electron chi connectivity index (χ1n) is 49.9. The van der Waals surface area contributed by atoms with E-state index in [1.54, 1.807) is 140 Å². The van der Waals surface area contributed by atoms with Crippen molar-refractivity contribution in [3.8, 4) is 5.75 Å².